The number of halogens is 4. The Balaban J connectivity index is 2.21. The number of hydrogen-bond acceptors (Lipinski definition) is 3. The maximum Gasteiger partial charge on any atom is 0.390 e. The Morgan fingerprint density at radius 1 is 1.11 bits per heavy atom. The smallest absolute Gasteiger partial charge is 0.380 e. The van der Waals surface area contributed by atoms with Crippen LogP contribution in [0.3, 0.4) is 0 Å². The topological polar surface area (TPSA) is 39.2 Å². The first-order valence-corrected chi connectivity index (χ1v) is 9.00. The highest BCUT2D eigenvalue weighted by Gasteiger charge is 2.44. The van der Waals surface area contributed by atoms with Crippen LogP contribution in [0.2, 0.25) is 0 Å². The van der Waals surface area contributed by atoms with Crippen molar-refractivity contribution in [2.45, 2.75) is 46.7 Å². The average Bonchev–Trinajstić information content (AvgIpc) is 2.52. The number of benzene rings is 1. The van der Waals surface area contributed by atoms with Gasteiger partial charge in [-0.05, 0) is 23.1 Å². The molecule has 0 spiro atoms. The van der Waals surface area contributed by atoms with E-state index in [1.54, 1.807) is 12.1 Å². The van der Waals surface area contributed by atoms with Crippen LogP contribution in [-0.4, -0.2) is 30.2 Å². The molecule has 0 aliphatic rings. The van der Waals surface area contributed by atoms with Gasteiger partial charge in [0.1, 0.15) is 17.1 Å². The summed E-state index contributed by atoms with van der Waals surface area (Å²) in [5, 5.41) is 0.492. The molecule has 0 radical (unpaired) electrons. The molecule has 1 heterocycles. The Morgan fingerprint density at radius 2 is 1.79 bits per heavy atom. The molecule has 7 heteroatoms. The first kappa shape index (κ1) is 22.3. The van der Waals surface area contributed by atoms with Crippen molar-refractivity contribution in [2.75, 3.05) is 13.2 Å². The molecule has 3 nitrogen and oxygen atoms in total. The Morgan fingerprint density at radius 3 is 2.39 bits per heavy atom. The SMILES string of the molecule is CC(C)(C)COCC(C)(CC(F)(F)F)C(=O)Cc1cnc2c(F)cccc2c1. The van der Waals surface area contributed by atoms with Gasteiger partial charge in [-0.1, -0.05) is 39.8 Å². The minimum atomic E-state index is -4.50. The fourth-order valence-corrected chi connectivity index (χ4v) is 2.92. The van der Waals surface area contributed by atoms with E-state index in [4.69, 9.17) is 4.74 Å². The average molecular weight is 399 g/mol. The van der Waals surface area contributed by atoms with Gasteiger partial charge in [0.25, 0.3) is 0 Å². The second kappa shape index (κ2) is 8.15. The number of fused-ring (bicyclic) bond motifs is 1. The van der Waals surface area contributed by atoms with E-state index in [2.05, 4.69) is 4.98 Å². The predicted octanol–water partition coefficient (Wildman–Crippen LogP) is 5.51. The van der Waals surface area contributed by atoms with Gasteiger partial charge < -0.3 is 4.74 Å². The maximum absolute atomic E-state index is 13.7. The fourth-order valence-electron chi connectivity index (χ4n) is 2.92. The second-order valence-corrected chi connectivity index (χ2v) is 8.66. The lowest BCUT2D eigenvalue weighted by Gasteiger charge is -2.30. The maximum atomic E-state index is 13.7. The van der Waals surface area contributed by atoms with Crippen molar-refractivity contribution < 1.29 is 27.1 Å². The van der Waals surface area contributed by atoms with Gasteiger partial charge >= 0.3 is 6.18 Å². The van der Waals surface area contributed by atoms with Crippen LogP contribution in [0.4, 0.5) is 17.6 Å². The summed E-state index contributed by atoms with van der Waals surface area (Å²) in [4.78, 5) is 16.8. The van der Waals surface area contributed by atoms with Gasteiger partial charge in [-0.25, -0.2) is 4.39 Å². The van der Waals surface area contributed by atoms with E-state index in [9.17, 15) is 22.4 Å². The number of pyridine rings is 1. The summed E-state index contributed by atoms with van der Waals surface area (Å²) in [6.07, 6.45) is -4.67. The molecule has 2 aromatic rings. The lowest BCUT2D eigenvalue weighted by atomic mass is 9.80. The van der Waals surface area contributed by atoms with E-state index >= 15 is 0 Å². The highest BCUT2D eigenvalue weighted by Crippen LogP contribution is 2.36. The van der Waals surface area contributed by atoms with E-state index < -0.39 is 29.6 Å². The Labute approximate surface area is 162 Å². The molecule has 0 bridgehead atoms. The number of ketones is 1. The van der Waals surface area contributed by atoms with E-state index in [-0.39, 0.29) is 30.6 Å². The largest absolute Gasteiger partial charge is 0.390 e. The number of nitrogens with zero attached hydrogens (tertiary/aromatic N) is 1. The van der Waals surface area contributed by atoms with Gasteiger partial charge in [-0.15, -0.1) is 0 Å². The number of carbonyl (C=O) groups excluding carboxylic acids is 1. The molecule has 0 saturated carbocycles. The minimum Gasteiger partial charge on any atom is -0.380 e. The number of alkyl halides is 3. The molecule has 0 N–H and O–H groups in total. The highest BCUT2D eigenvalue weighted by atomic mass is 19.4. The van der Waals surface area contributed by atoms with Crippen LogP contribution in [0.5, 0.6) is 0 Å². The summed E-state index contributed by atoms with van der Waals surface area (Å²) in [7, 11) is 0. The Kier molecular flexibility index (Phi) is 6.48. The summed E-state index contributed by atoms with van der Waals surface area (Å²) < 4.78 is 58.5. The van der Waals surface area contributed by atoms with Crippen LogP contribution >= 0.6 is 0 Å². The monoisotopic (exact) mass is 399 g/mol. The summed E-state index contributed by atoms with van der Waals surface area (Å²) in [5.74, 6) is -1.08. The number of ether oxygens (including phenoxy) is 1. The van der Waals surface area contributed by atoms with Crippen LogP contribution in [0.15, 0.2) is 30.5 Å². The zero-order valence-electron chi connectivity index (χ0n) is 16.5. The standard InChI is InChI=1S/C21H25F4NO2/c1-19(2,3)12-28-13-20(4,11-21(23,24)25)17(27)9-14-8-15-6-5-7-16(22)18(15)26-10-14/h5-8,10H,9,11-13H2,1-4H3. The third-order valence-corrected chi connectivity index (χ3v) is 4.30. The van der Waals surface area contributed by atoms with E-state index in [1.165, 1.54) is 25.3 Å². The van der Waals surface area contributed by atoms with Gasteiger partial charge in [0.15, 0.2) is 0 Å². The number of hydrogen-bond donors (Lipinski definition) is 0. The van der Waals surface area contributed by atoms with Crippen molar-refractivity contribution in [3.8, 4) is 0 Å². The normalized spacial score (nSPS) is 14.9. The van der Waals surface area contributed by atoms with E-state index in [1.807, 2.05) is 20.8 Å². The van der Waals surface area contributed by atoms with Crippen molar-refractivity contribution in [1.29, 1.82) is 0 Å². The number of aromatic nitrogens is 1. The first-order chi connectivity index (χ1) is 12.8. The summed E-state index contributed by atoms with van der Waals surface area (Å²) in [6.45, 7) is 6.89. The number of para-hydroxylation sites is 1. The molecule has 0 amide bonds. The lowest BCUT2D eigenvalue weighted by Crippen LogP contribution is -2.39. The van der Waals surface area contributed by atoms with Gasteiger partial charge in [0.05, 0.1) is 25.0 Å². The second-order valence-electron chi connectivity index (χ2n) is 8.66. The van der Waals surface area contributed by atoms with Crippen LogP contribution in [0.25, 0.3) is 10.9 Å². The van der Waals surface area contributed by atoms with Crippen molar-refractivity contribution in [1.82, 2.24) is 4.98 Å². The molecular formula is C21H25F4NO2. The van der Waals surface area contributed by atoms with Crippen molar-refractivity contribution in [2.24, 2.45) is 10.8 Å². The van der Waals surface area contributed by atoms with Crippen LogP contribution in [0, 0.1) is 16.6 Å². The first-order valence-electron chi connectivity index (χ1n) is 9.00. The zero-order chi connectivity index (χ0) is 21.2. The zero-order valence-corrected chi connectivity index (χ0v) is 16.5. The van der Waals surface area contributed by atoms with Crippen molar-refractivity contribution >= 4 is 16.7 Å². The molecule has 0 fully saturated rings. The van der Waals surface area contributed by atoms with Gasteiger partial charge in [0, 0.05) is 18.0 Å². The predicted molar refractivity (Wildman–Crippen MR) is 99.5 cm³/mol. The van der Waals surface area contributed by atoms with E-state index in [0.29, 0.717) is 10.9 Å². The third kappa shape index (κ3) is 6.26. The fraction of sp³-hybridized carbons (Fsp3) is 0.524. The molecule has 2 rings (SSSR count). The third-order valence-electron chi connectivity index (χ3n) is 4.30. The molecule has 1 atom stereocenters. The molecule has 0 aliphatic carbocycles. The molecule has 1 aromatic carbocycles. The number of carbonyl (C=O) groups is 1. The van der Waals surface area contributed by atoms with Crippen LogP contribution in [-0.2, 0) is 16.0 Å². The number of rotatable bonds is 7. The molecule has 154 valence electrons. The Bertz CT molecular complexity index is 842. The van der Waals surface area contributed by atoms with Crippen LogP contribution in [0.1, 0.15) is 39.7 Å². The van der Waals surface area contributed by atoms with Crippen molar-refractivity contribution in [3.63, 3.8) is 0 Å². The summed E-state index contributed by atoms with van der Waals surface area (Å²) in [5.41, 5.74) is -1.34. The molecule has 0 aliphatic heterocycles. The lowest BCUT2D eigenvalue weighted by molar-refractivity contribution is -0.173. The van der Waals surface area contributed by atoms with Gasteiger partial charge in [0.2, 0.25) is 0 Å². The molecule has 1 unspecified atom stereocenters. The molecule has 0 saturated heterocycles. The number of Topliss-reactive ketones (excluding diaryl/α,β-unsaturated/α-hetero) is 1. The van der Waals surface area contributed by atoms with Crippen LogP contribution < -0.4 is 0 Å². The molecule has 1 aromatic heterocycles. The van der Waals surface area contributed by atoms with Gasteiger partial charge in [-0.3, -0.25) is 9.78 Å². The quantitative estimate of drug-likeness (QED) is 0.577. The van der Waals surface area contributed by atoms with E-state index in [0.717, 1.165) is 0 Å². The Hall–Kier alpha value is -2.02. The van der Waals surface area contributed by atoms with Crippen molar-refractivity contribution in [3.05, 3.63) is 41.8 Å². The van der Waals surface area contributed by atoms with Gasteiger partial charge in [-0.2, -0.15) is 13.2 Å². The summed E-state index contributed by atoms with van der Waals surface area (Å²) in [6, 6.07) is 6.00. The minimum absolute atomic E-state index is 0.158. The summed E-state index contributed by atoms with van der Waals surface area (Å²) >= 11 is 0. The highest BCUT2D eigenvalue weighted by molar-refractivity contribution is 5.88. The molecular weight excluding hydrogens is 374 g/mol. The molecule has 28 heavy (non-hydrogen) atoms.